The molecule has 2 aromatic heterocycles. The van der Waals surface area contributed by atoms with Crippen molar-refractivity contribution in [3.8, 4) is 11.4 Å². The third kappa shape index (κ3) is 4.22. The van der Waals surface area contributed by atoms with Crippen LogP contribution in [-0.2, 0) is 12.4 Å². The van der Waals surface area contributed by atoms with E-state index < -0.39 is 0 Å². The number of carbonyl (C=O) groups excluding carboxylic acids is 1. The molecule has 0 aliphatic carbocycles. The first-order valence-corrected chi connectivity index (χ1v) is 10.4. The number of nitrogens with zero attached hydrogens (tertiary/aromatic N) is 4. The van der Waals surface area contributed by atoms with Gasteiger partial charge in [-0.05, 0) is 44.2 Å². The molecule has 0 aliphatic heterocycles. The van der Waals surface area contributed by atoms with Gasteiger partial charge in [-0.1, -0.05) is 12.1 Å². The van der Waals surface area contributed by atoms with E-state index >= 15 is 0 Å². The Hall–Kier alpha value is -3.45. The molecule has 2 aromatic carbocycles. The molecule has 0 unspecified atom stereocenters. The smallest absolute Gasteiger partial charge is 0.266 e. The Morgan fingerprint density at radius 3 is 2.71 bits per heavy atom. The number of ketones is 1. The average molecular weight is 437 g/mol. The molecule has 4 aromatic rings. The van der Waals surface area contributed by atoms with Crippen LogP contribution in [0.2, 0.25) is 0 Å². The SMILES string of the molecule is CC(C)Oc1ccc(C(=O)Cn2ccnc2)cc1-n1c(CCl)nc2ccccc2c1=O. The van der Waals surface area contributed by atoms with E-state index in [0.717, 1.165) is 0 Å². The van der Waals surface area contributed by atoms with Crippen molar-refractivity contribution in [1.82, 2.24) is 19.1 Å². The quantitative estimate of drug-likeness (QED) is 0.323. The molecule has 0 saturated carbocycles. The van der Waals surface area contributed by atoms with Gasteiger partial charge in [0.05, 0.1) is 41.4 Å². The van der Waals surface area contributed by atoms with Crippen LogP contribution in [0.1, 0.15) is 30.0 Å². The summed E-state index contributed by atoms with van der Waals surface area (Å²) in [6.45, 7) is 3.93. The number of aromatic nitrogens is 4. The Labute approximate surface area is 183 Å². The van der Waals surface area contributed by atoms with E-state index in [1.54, 1.807) is 59.7 Å². The second kappa shape index (κ2) is 8.73. The molecule has 8 heteroatoms. The molecular weight excluding hydrogens is 416 g/mol. The largest absolute Gasteiger partial charge is 0.489 e. The summed E-state index contributed by atoms with van der Waals surface area (Å²) in [5, 5.41) is 0.460. The zero-order valence-corrected chi connectivity index (χ0v) is 17.9. The summed E-state index contributed by atoms with van der Waals surface area (Å²) in [5.41, 5.74) is 1.18. The standard InChI is InChI=1S/C23H21ClN4O3/c1-15(2)31-21-8-7-16(20(29)13-27-10-9-25-14-27)11-19(21)28-22(12-24)26-18-6-4-3-5-17(18)23(28)30/h3-11,14-15H,12-13H2,1-2H3. The molecule has 7 nitrogen and oxygen atoms in total. The van der Waals surface area contributed by atoms with Crippen LogP contribution in [0.15, 0.2) is 66.0 Å². The number of fused-ring (bicyclic) bond motifs is 1. The van der Waals surface area contributed by atoms with Crippen LogP contribution in [0.4, 0.5) is 0 Å². The molecule has 0 atom stereocenters. The second-order valence-corrected chi connectivity index (χ2v) is 7.59. The van der Waals surface area contributed by atoms with E-state index in [4.69, 9.17) is 16.3 Å². The molecule has 4 rings (SSSR count). The van der Waals surface area contributed by atoms with Crippen molar-refractivity contribution in [3.63, 3.8) is 0 Å². The minimum Gasteiger partial charge on any atom is -0.489 e. The van der Waals surface area contributed by atoms with E-state index in [1.165, 1.54) is 4.57 Å². The van der Waals surface area contributed by atoms with Gasteiger partial charge in [-0.15, -0.1) is 11.6 Å². The van der Waals surface area contributed by atoms with Gasteiger partial charge in [-0.3, -0.25) is 14.2 Å². The molecule has 2 heterocycles. The van der Waals surface area contributed by atoms with Crippen LogP contribution in [-0.4, -0.2) is 31.0 Å². The van der Waals surface area contributed by atoms with Gasteiger partial charge in [0.2, 0.25) is 0 Å². The first-order valence-electron chi connectivity index (χ1n) is 9.84. The summed E-state index contributed by atoms with van der Waals surface area (Å²) in [5.74, 6) is 0.747. The number of imidazole rings is 1. The minimum atomic E-state index is -0.269. The zero-order valence-electron chi connectivity index (χ0n) is 17.2. The summed E-state index contributed by atoms with van der Waals surface area (Å²) in [6.07, 6.45) is 4.79. The van der Waals surface area contributed by atoms with Gasteiger partial charge in [0.15, 0.2) is 5.78 Å². The number of para-hydroxylation sites is 1. The molecule has 158 valence electrons. The van der Waals surface area contributed by atoms with Gasteiger partial charge in [-0.25, -0.2) is 9.97 Å². The number of carbonyl (C=O) groups is 1. The van der Waals surface area contributed by atoms with Gasteiger partial charge in [0, 0.05) is 18.0 Å². The first kappa shape index (κ1) is 20.8. The predicted octanol–water partition coefficient (Wildman–Crippen LogP) is 3.99. The van der Waals surface area contributed by atoms with Crippen molar-refractivity contribution in [3.05, 3.63) is 82.9 Å². The number of halogens is 1. The number of benzene rings is 2. The second-order valence-electron chi connectivity index (χ2n) is 7.33. The maximum atomic E-state index is 13.4. The lowest BCUT2D eigenvalue weighted by Crippen LogP contribution is -2.25. The van der Waals surface area contributed by atoms with Crippen molar-refractivity contribution in [2.75, 3.05) is 0 Å². The topological polar surface area (TPSA) is 79.0 Å². The highest BCUT2D eigenvalue weighted by atomic mass is 35.5. The third-order valence-electron chi connectivity index (χ3n) is 4.73. The molecule has 0 fully saturated rings. The summed E-state index contributed by atoms with van der Waals surface area (Å²) in [4.78, 5) is 34.8. The number of rotatable bonds is 7. The van der Waals surface area contributed by atoms with E-state index in [9.17, 15) is 9.59 Å². The fourth-order valence-corrected chi connectivity index (χ4v) is 3.55. The molecule has 0 aliphatic rings. The lowest BCUT2D eigenvalue weighted by Gasteiger charge is -2.19. The van der Waals surface area contributed by atoms with Crippen molar-refractivity contribution >= 4 is 28.3 Å². The normalized spacial score (nSPS) is 11.2. The van der Waals surface area contributed by atoms with Crippen LogP contribution < -0.4 is 10.3 Å². The molecule has 0 radical (unpaired) electrons. The number of Topliss-reactive ketones (excluding diaryl/α,β-unsaturated/α-hetero) is 1. The maximum Gasteiger partial charge on any atom is 0.266 e. The highest BCUT2D eigenvalue weighted by Crippen LogP contribution is 2.27. The predicted molar refractivity (Wildman–Crippen MR) is 119 cm³/mol. The first-order chi connectivity index (χ1) is 15.0. The van der Waals surface area contributed by atoms with E-state index in [0.29, 0.717) is 33.7 Å². The number of alkyl halides is 1. The zero-order chi connectivity index (χ0) is 22.0. The minimum absolute atomic E-state index is 0.0222. The number of hydrogen-bond acceptors (Lipinski definition) is 5. The Kier molecular flexibility index (Phi) is 5.86. The van der Waals surface area contributed by atoms with E-state index in [1.807, 2.05) is 19.9 Å². The average Bonchev–Trinajstić information content (AvgIpc) is 3.27. The lowest BCUT2D eigenvalue weighted by molar-refractivity contribution is 0.0972. The Balaban J connectivity index is 1.90. The lowest BCUT2D eigenvalue weighted by atomic mass is 10.1. The van der Waals surface area contributed by atoms with Gasteiger partial charge in [-0.2, -0.15) is 0 Å². The van der Waals surface area contributed by atoms with E-state index in [-0.39, 0.29) is 29.9 Å². The molecule has 0 amide bonds. The summed E-state index contributed by atoms with van der Waals surface area (Å²) in [7, 11) is 0. The summed E-state index contributed by atoms with van der Waals surface area (Å²) >= 11 is 6.17. The molecule has 0 bridgehead atoms. The fourth-order valence-electron chi connectivity index (χ4n) is 3.37. The van der Waals surface area contributed by atoms with Crippen LogP contribution in [0.3, 0.4) is 0 Å². The van der Waals surface area contributed by atoms with Crippen LogP contribution in [0.5, 0.6) is 5.75 Å². The Morgan fingerprint density at radius 2 is 2.00 bits per heavy atom. The monoisotopic (exact) mass is 436 g/mol. The summed E-state index contributed by atoms with van der Waals surface area (Å²) < 4.78 is 9.07. The molecule has 0 saturated heterocycles. The van der Waals surface area contributed by atoms with Crippen molar-refractivity contribution in [2.45, 2.75) is 32.4 Å². The maximum absolute atomic E-state index is 13.4. The molecule has 31 heavy (non-hydrogen) atoms. The van der Waals surface area contributed by atoms with Crippen molar-refractivity contribution in [2.24, 2.45) is 0 Å². The van der Waals surface area contributed by atoms with Crippen molar-refractivity contribution in [1.29, 1.82) is 0 Å². The molecule has 0 N–H and O–H groups in total. The fraction of sp³-hybridized carbons (Fsp3) is 0.217. The number of ether oxygens (including phenoxy) is 1. The van der Waals surface area contributed by atoms with Crippen LogP contribution >= 0.6 is 11.6 Å². The summed E-state index contributed by atoms with van der Waals surface area (Å²) in [6, 6.07) is 12.2. The Bertz CT molecular complexity index is 1300. The van der Waals surface area contributed by atoms with E-state index in [2.05, 4.69) is 9.97 Å². The number of hydrogen-bond donors (Lipinski definition) is 0. The molecule has 0 spiro atoms. The van der Waals surface area contributed by atoms with Gasteiger partial charge in [0.1, 0.15) is 11.6 Å². The highest BCUT2D eigenvalue weighted by molar-refractivity contribution is 6.16. The van der Waals surface area contributed by atoms with Crippen LogP contribution in [0, 0.1) is 0 Å². The van der Waals surface area contributed by atoms with Crippen molar-refractivity contribution < 1.29 is 9.53 Å². The van der Waals surface area contributed by atoms with Crippen LogP contribution in [0.25, 0.3) is 16.6 Å². The van der Waals surface area contributed by atoms with Gasteiger partial charge in [0.25, 0.3) is 5.56 Å². The Morgan fingerprint density at radius 1 is 1.19 bits per heavy atom. The van der Waals surface area contributed by atoms with Gasteiger partial charge >= 0.3 is 0 Å². The highest BCUT2D eigenvalue weighted by Gasteiger charge is 2.19. The van der Waals surface area contributed by atoms with Gasteiger partial charge < -0.3 is 9.30 Å². The molecular formula is C23H21ClN4O3. The third-order valence-corrected chi connectivity index (χ3v) is 4.97.